The number of hydrazone groups is 1. The van der Waals surface area contributed by atoms with E-state index in [0.717, 1.165) is 33.5 Å². The number of hydrogen-bond donors (Lipinski definition) is 2. The van der Waals surface area contributed by atoms with Crippen molar-refractivity contribution >= 4 is 28.1 Å². The van der Waals surface area contributed by atoms with Crippen molar-refractivity contribution < 1.29 is 9.53 Å². The van der Waals surface area contributed by atoms with Crippen LogP contribution in [0.4, 0.5) is 5.69 Å². The standard InChI is InChI=1S/C22H23N3O2/c1-15(17-11-13-19(27-3)14-12-17)24-25-22(26)16(2)23-21-10-6-8-18-7-4-5-9-20(18)21/h4-14,16,23H,1-3H3,(H,25,26)/t16-/m1/s1. The zero-order valence-electron chi connectivity index (χ0n) is 15.7. The molecule has 1 atom stereocenters. The zero-order valence-corrected chi connectivity index (χ0v) is 15.7. The second-order valence-electron chi connectivity index (χ2n) is 6.29. The molecular formula is C22H23N3O2. The third-order valence-electron chi connectivity index (χ3n) is 4.40. The Morgan fingerprint density at radius 1 is 1.00 bits per heavy atom. The first-order valence-corrected chi connectivity index (χ1v) is 8.81. The molecular weight excluding hydrogens is 338 g/mol. The smallest absolute Gasteiger partial charge is 0.262 e. The summed E-state index contributed by atoms with van der Waals surface area (Å²) in [7, 11) is 1.63. The second kappa shape index (κ2) is 8.36. The number of hydrogen-bond acceptors (Lipinski definition) is 4. The molecule has 0 aromatic heterocycles. The Bertz CT molecular complexity index is 959. The number of anilines is 1. The van der Waals surface area contributed by atoms with Crippen molar-refractivity contribution in [2.45, 2.75) is 19.9 Å². The van der Waals surface area contributed by atoms with Crippen molar-refractivity contribution in [3.63, 3.8) is 0 Å². The van der Waals surface area contributed by atoms with Crippen LogP contribution in [0.25, 0.3) is 10.8 Å². The lowest BCUT2D eigenvalue weighted by atomic mass is 10.1. The van der Waals surface area contributed by atoms with Gasteiger partial charge in [-0.25, -0.2) is 5.43 Å². The summed E-state index contributed by atoms with van der Waals surface area (Å²) >= 11 is 0. The highest BCUT2D eigenvalue weighted by molar-refractivity contribution is 6.00. The number of fused-ring (bicyclic) bond motifs is 1. The number of amides is 1. The van der Waals surface area contributed by atoms with Gasteiger partial charge in [0.1, 0.15) is 11.8 Å². The van der Waals surface area contributed by atoms with Crippen molar-refractivity contribution in [1.82, 2.24) is 5.43 Å². The molecule has 5 heteroatoms. The van der Waals surface area contributed by atoms with Gasteiger partial charge in [0.05, 0.1) is 12.8 Å². The summed E-state index contributed by atoms with van der Waals surface area (Å²) in [4.78, 5) is 12.4. The van der Waals surface area contributed by atoms with Crippen LogP contribution in [0.15, 0.2) is 71.8 Å². The van der Waals surface area contributed by atoms with Crippen molar-refractivity contribution in [1.29, 1.82) is 0 Å². The third kappa shape index (κ3) is 4.44. The molecule has 0 saturated heterocycles. The molecule has 27 heavy (non-hydrogen) atoms. The number of benzene rings is 3. The number of nitrogens with zero attached hydrogens (tertiary/aromatic N) is 1. The molecule has 0 radical (unpaired) electrons. The van der Waals surface area contributed by atoms with Gasteiger partial charge in [0.2, 0.25) is 0 Å². The minimum Gasteiger partial charge on any atom is -0.497 e. The van der Waals surface area contributed by atoms with Crippen molar-refractivity contribution in [3.05, 3.63) is 72.3 Å². The summed E-state index contributed by atoms with van der Waals surface area (Å²) in [5.41, 5.74) is 5.20. The molecule has 0 aliphatic carbocycles. The van der Waals surface area contributed by atoms with Gasteiger partial charge in [-0.15, -0.1) is 0 Å². The maximum absolute atomic E-state index is 12.4. The molecule has 0 bridgehead atoms. The third-order valence-corrected chi connectivity index (χ3v) is 4.40. The lowest BCUT2D eigenvalue weighted by Gasteiger charge is -2.15. The van der Waals surface area contributed by atoms with Crippen LogP contribution in [0.1, 0.15) is 19.4 Å². The highest BCUT2D eigenvalue weighted by atomic mass is 16.5. The summed E-state index contributed by atoms with van der Waals surface area (Å²) < 4.78 is 5.15. The molecule has 0 aliphatic heterocycles. The van der Waals surface area contributed by atoms with E-state index >= 15 is 0 Å². The Morgan fingerprint density at radius 3 is 2.44 bits per heavy atom. The molecule has 1 amide bonds. The molecule has 3 rings (SSSR count). The van der Waals surface area contributed by atoms with Crippen molar-refractivity contribution in [3.8, 4) is 5.75 Å². The maximum atomic E-state index is 12.4. The van der Waals surface area contributed by atoms with Crippen LogP contribution in [-0.2, 0) is 4.79 Å². The molecule has 0 aliphatic rings. The van der Waals surface area contributed by atoms with Gasteiger partial charge in [-0.2, -0.15) is 5.10 Å². The van der Waals surface area contributed by atoms with Gasteiger partial charge in [0.25, 0.3) is 5.91 Å². The van der Waals surface area contributed by atoms with E-state index in [0.29, 0.717) is 0 Å². The fraction of sp³-hybridized carbons (Fsp3) is 0.182. The highest BCUT2D eigenvalue weighted by Crippen LogP contribution is 2.23. The van der Waals surface area contributed by atoms with E-state index in [2.05, 4.69) is 15.8 Å². The van der Waals surface area contributed by atoms with Crippen LogP contribution in [0.5, 0.6) is 5.75 Å². The first kappa shape index (κ1) is 18.5. The predicted octanol–water partition coefficient (Wildman–Crippen LogP) is 4.19. The van der Waals surface area contributed by atoms with Gasteiger partial charge in [-0.05, 0) is 55.1 Å². The first-order valence-electron chi connectivity index (χ1n) is 8.81. The van der Waals surface area contributed by atoms with Crippen molar-refractivity contribution in [2.75, 3.05) is 12.4 Å². The highest BCUT2D eigenvalue weighted by Gasteiger charge is 2.13. The zero-order chi connectivity index (χ0) is 19.2. The Kier molecular flexibility index (Phi) is 5.71. The summed E-state index contributed by atoms with van der Waals surface area (Å²) in [6.45, 7) is 3.67. The minimum atomic E-state index is -0.428. The molecule has 0 fully saturated rings. The molecule has 138 valence electrons. The number of ether oxygens (including phenoxy) is 1. The van der Waals surface area contributed by atoms with Crippen LogP contribution in [0.2, 0.25) is 0 Å². The predicted molar refractivity (Wildman–Crippen MR) is 110 cm³/mol. The lowest BCUT2D eigenvalue weighted by Crippen LogP contribution is -2.35. The SMILES string of the molecule is COc1ccc(C(C)=NNC(=O)[C@@H](C)Nc2cccc3ccccc23)cc1. The van der Waals surface area contributed by atoms with E-state index < -0.39 is 6.04 Å². The average molecular weight is 361 g/mol. The molecule has 3 aromatic rings. The molecule has 2 N–H and O–H groups in total. The number of carbonyl (C=O) groups is 1. The van der Waals surface area contributed by atoms with Crippen LogP contribution in [0, 0.1) is 0 Å². The number of carbonyl (C=O) groups excluding carboxylic acids is 1. The number of rotatable bonds is 6. The summed E-state index contributed by atoms with van der Waals surface area (Å²) in [5.74, 6) is 0.583. The Hall–Kier alpha value is -3.34. The topological polar surface area (TPSA) is 62.7 Å². The van der Waals surface area contributed by atoms with Gasteiger partial charge in [0.15, 0.2) is 0 Å². The van der Waals surface area contributed by atoms with Gasteiger partial charge >= 0.3 is 0 Å². The largest absolute Gasteiger partial charge is 0.497 e. The van der Waals surface area contributed by atoms with Crippen LogP contribution >= 0.6 is 0 Å². The summed E-state index contributed by atoms with van der Waals surface area (Å²) in [6, 6.07) is 21.2. The van der Waals surface area contributed by atoms with E-state index in [-0.39, 0.29) is 5.91 Å². The van der Waals surface area contributed by atoms with Gasteiger partial charge in [-0.1, -0.05) is 36.4 Å². The number of methoxy groups -OCH3 is 1. The van der Waals surface area contributed by atoms with E-state index in [1.54, 1.807) is 7.11 Å². The average Bonchev–Trinajstić information content (AvgIpc) is 2.72. The maximum Gasteiger partial charge on any atom is 0.262 e. The normalized spacial score (nSPS) is 12.5. The minimum absolute atomic E-state index is 0.198. The van der Waals surface area contributed by atoms with Crippen LogP contribution in [0.3, 0.4) is 0 Å². The Balaban J connectivity index is 1.66. The van der Waals surface area contributed by atoms with Gasteiger partial charge in [-0.3, -0.25) is 4.79 Å². The monoisotopic (exact) mass is 361 g/mol. The quantitative estimate of drug-likeness (QED) is 0.511. The number of nitrogens with one attached hydrogen (secondary N) is 2. The molecule has 0 spiro atoms. The van der Waals surface area contributed by atoms with Crippen LogP contribution < -0.4 is 15.5 Å². The molecule has 0 heterocycles. The van der Waals surface area contributed by atoms with Crippen LogP contribution in [-0.4, -0.2) is 24.8 Å². The van der Waals surface area contributed by atoms with Gasteiger partial charge in [0, 0.05) is 11.1 Å². The van der Waals surface area contributed by atoms with Crippen molar-refractivity contribution in [2.24, 2.45) is 5.10 Å². The van der Waals surface area contributed by atoms with Gasteiger partial charge < -0.3 is 10.1 Å². The molecule has 5 nitrogen and oxygen atoms in total. The summed E-state index contributed by atoms with van der Waals surface area (Å²) in [6.07, 6.45) is 0. The fourth-order valence-corrected chi connectivity index (χ4v) is 2.78. The van der Waals surface area contributed by atoms with E-state index in [4.69, 9.17) is 4.74 Å². The van der Waals surface area contributed by atoms with E-state index in [9.17, 15) is 4.79 Å². The summed E-state index contributed by atoms with van der Waals surface area (Å²) in [5, 5.41) is 9.69. The molecule has 3 aromatic carbocycles. The lowest BCUT2D eigenvalue weighted by molar-refractivity contribution is -0.121. The Labute approximate surface area is 159 Å². The molecule has 0 unspecified atom stereocenters. The Morgan fingerprint density at radius 2 is 1.70 bits per heavy atom. The van der Waals surface area contributed by atoms with E-state index in [1.165, 1.54) is 0 Å². The molecule has 0 saturated carbocycles. The fourth-order valence-electron chi connectivity index (χ4n) is 2.78. The first-order chi connectivity index (χ1) is 13.1. The van der Waals surface area contributed by atoms with E-state index in [1.807, 2.05) is 80.6 Å². The second-order valence-corrected chi connectivity index (χ2v) is 6.29.